The van der Waals surface area contributed by atoms with Crippen LogP contribution >= 0.6 is 11.3 Å². The highest BCUT2D eigenvalue weighted by Gasteiger charge is 2.10. The molecule has 5 heteroatoms. The first-order valence-corrected chi connectivity index (χ1v) is 7.49. The number of nitrogens with zero attached hydrogens (tertiary/aromatic N) is 1. The minimum absolute atomic E-state index is 0.111. The normalized spacial score (nSPS) is 11.0. The molecule has 0 saturated carbocycles. The van der Waals surface area contributed by atoms with E-state index in [9.17, 15) is 4.39 Å². The lowest BCUT2D eigenvalue weighted by Crippen LogP contribution is -1.99. The van der Waals surface area contributed by atoms with Crippen molar-refractivity contribution < 1.29 is 14.2 Å². The molecule has 3 rings (SSSR count). The van der Waals surface area contributed by atoms with Gasteiger partial charge in [-0.25, -0.2) is 9.37 Å². The lowest BCUT2D eigenvalue weighted by molar-refractivity contribution is 0.234. The number of thiazole rings is 1. The van der Waals surface area contributed by atoms with Gasteiger partial charge in [0.1, 0.15) is 16.6 Å². The van der Waals surface area contributed by atoms with Gasteiger partial charge in [-0.05, 0) is 30.3 Å². The number of aromatic nitrogens is 1. The summed E-state index contributed by atoms with van der Waals surface area (Å²) in [6.45, 7) is 0.585. The minimum Gasteiger partial charge on any atom is -0.493 e. The number of halogens is 1. The Kier molecular flexibility index (Phi) is 4.13. The van der Waals surface area contributed by atoms with Crippen molar-refractivity contribution in [2.75, 3.05) is 13.2 Å². The summed E-state index contributed by atoms with van der Waals surface area (Å²) in [6.07, 6.45) is 0.598. The molecule has 3 nitrogen and oxygen atoms in total. The predicted molar refractivity (Wildman–Crippen MR) is 82.2 cm³/mol. The van der Waals surface area contributed by atoms with E-state index in [0.717, 1.165) is 16.0 Å². The first-order chi connectivity index (χ1) is 10.3. The third-order valence-corrected chi connectivity index (χ3v) is 4.09. The number of benzene rings is 2. The van der Waals surface area contributed by atoms with Crippen molar-refractivity contribution in [2.24, 2.45) is 0 Å². The molecule has 0 aliphatic carbocycles. The number of hydrogen-bond donors (Lipinski definition) is 1. The van der Waals surface area contributed by atoms with Crippen LogP contribution < -0.4 is 4.74 Å². The molecule has 1 aromatic heterocycles. The second-order valence-corrected chi connectivity index (χ2v) is 5.58. The molecule has 0 atom stereocenters. The number of aliphatic hydroxyl groups is 1. The van der Waals surface area contributed by atoms with E-state index in [1.165, 1.54) is 17.4 Å². The fraction of sp³-hybridized carbons (Fsp3) is 0.188. The molecule has 1 heterocycles. The smallest absolute Gasteiger partial charge is 0.133 e. The average Bonchev–Trinajstić information content (AvgIpc) is 2.91. The third-order valence-electron chi connectivity index (χ3n) is 3.04. The van der Waals surface area contributed by atoms with Crippen molar-refractivity contribution in [3.8, 4) is 16.3 Å². The Balaban J connectivity index is 1.91. The maximum absolute atomic E-state index is 13.8. The van der Waals surface area contributed by atoms with E-state index in [1.54, 1.807) is 18.2 Å². The molecule has 0 unspecified atom stereocenters. The van der Waals surface area contributed by atoms with Crippen LogP contribution in [0.3, 0.4) is 0 Å². The fourth-order valence-electron chi connectivity index (χ4n) is 2.00. The summed E-state index contributed by atoms with van der Waals surface area (Å²) in [5.74, 6) is 0.468. The third kappa shape index (κ3) is 3.04. The number of hydrogen-bond acceptors (Lipinski definition) is 4. The molecule has 0 bridgehead atoms. The fourth-order valence-corrected chi connectivity index (χ4v) is 3.02. The van der Waals surface area contributed by atoms with Crippen LogP contribution in [0.25, 0.3) is 20.8 Å². The van der Waals surface area contributed by atoms with Crippen LogP contribution in [0.15, 0.2) is 42.5 Å². The quantitative estimate of drug-likeness (QED) is 0.728. The highest BCUT2D eigenvalue weighted by atomic mass is 32.1. The second kappa shape index (κ2) is 6.20. The SMILES string of the molecule is OCCCOc1ccc2nc(-c3ccccc3F)sc2c1. The van der Waals surface area contributed by atoms with Gasteiger partial charge in [0.25, 0.3) is 0 Å². The Hall–Kier alpha value is -1.98. The Morgan fingerprint density at radius 3 is 2.86 bits per heavy atom. The molecular weight excluding hydrogens is 289 g/mol. The van der Waals surface area contributed by atoms with Crippen molar-refractivity contribution in [3.05, 3.63) is 48.3 Å². The van der Waals surface area contributed by atoms with E-state index in [0.29, 0.717) is 23.6 Å². The maximum Gasteiger partial charge on any atom is 0.133 e. The van der Waals surface area contributed by atoms with E-state index < -0.39 is 0 Å². The predicted octanol–water partition coefficient (Wildman–Crippen LogP) is 3.86. The highest BCUT2D eigenvalue weighted by Crippen LogP contribution is 2.33. The summed E-state index contributed by atoms with van der Waals surface area (Å²) >= 11 is 1.44. The first-order valence-electron chi connectivity index (χ1n) is 6.67. The van der Waals surface area contributed by atoms with Crippen molar-refractivity contribution >= 4 is 21.6 Å². The summed E-state index contributed by atoms with van der Waals surface area (Å²) in [5, 5.41) is 9.41. The Bertz CT molecular complexity index is 757. The van der Waals surface area contributed by atoms with Crippen molar-refractivity contribution in [1.82, 2.24) is 4.98 Å². The Labute approximate surface area is 125 Å². The van der Waals surface area contributed by atoms with E-state index in [1.807, 2.05) is 18.2 Å². The Morgan fingerprint density at radius 2 is 2.05 bits per heavy atom. The molecule has 0 aliphatic rings. The van der Waals surface area contributed by atoms with Gasteiger partial charge in [-0.2, -0.15) is 0 Å². The van der Waals surface area contributed by atoms with Crippen LogP contribution in [-0.2, 0) is 0 Å². The first kappa shape index (κ1) is 14.0. The molecule has 3 aromatic rings. The van der Waals surface area contributed by atoms with Crippen LogP contribution in [0, 0.1) is 5.82 Å². The molecule has 1 N–H and O–H groups in total. The summed E-state index contributed by atoms with van der Waals surface area (Å²) in [5.41, 5.74) is 1.34. The van der Waals surface area contributed by atoms with Gasteiger partial charge in [0.2, 0.25) is 0 Å². The number of fused-ring (bicyclic) bond motifs is 1. The standard InChI is InChI=1S/C16H14FNO2S/c17-13-5-2-1-4-12(13)16-18-14-7-6-11(10-15(14)21-16)20-9-3-8-19/h1-2,4-7,10,19H,3,8-9H2. The number of ether oxygens (including phenoxy) is 1. The molecule has 2 aromatic carbocycles. The average molecular weight is 303 g/mol. The summed E-state index contributed by atoms with van der Waals surface area (Å²) in [6, 6.07) is 12.2. The largest absolute Gasteiger partial charge is 0.493 e. The summed E-state index contributed by atoms with van der Waals surface area (Å²) < 4.78 is 20.3. The van der Waals surface area contributed by atoms with Crippen LogP contribution in [-0.4, -0.2) is 23.3 Å². The van der Waals surface area contributed by atoms with Gasteiger partial charge in [-0.3, -0.25) is 0 Å². The monoisotopic (exact) mass is 303 g/mol. The molecule has 0 fully saturated rings. The molecule has 108 valence electrons. The van der Waals surface area contributed by atoms with E-state index in [4.69, 9.17) is 9.84 Å². The van der Waals surface area contributed by atoms with E-state index in [2.05, 4.69) is 4.98 Å². The van der Waals surface area contributed by atoms with Crippen LogP contribution in [0.2, 0.25) is 0 Å². The zero-order chi connectivity index (χ0) is 14.7. The van der Waals surface area contributed by atoms with Crippen LogP contribution in [0.1, 0.15) is 6.42 Å². The molecule has 0 amide bonds. The lowest BCUT2D eigenvalue weighted by Gasteiger charge is -2.03. The second-order valence-electron chi connectivity index (χ2n) is 4.55. The summed E-state index contributed by atoms with van der Waals surface area (Å²) in [7, 11) is 0. The minimum atomic E-state index is -0.268. The lowest BCUT2D eigenvalue weighted by atomic mass is 10.2. The number of aliphatic hydroxyl groups excluding tert-OH is 1. The van der Waals surface area contributed by atoms with Crippen LogP contribution in [0.5, 0.6) is 5.75 Å². The number of rotatable bonds is 5. The van der Waals surface area contributed by atoms with Gasteiger partial charge in [-0.15, -0.1) is 11.3 Å². The molecular formula is C16H14FNO2S. The van der Waals surface area contributed by atoms with Gasteiger partial charge in [-0.1, -0.05) is 12.1 Å². The van der Waals surface area contributed by atoms with Crippen molar-refractivity contribution in [1.29, 1.82) is 0 Å². The maximum atomic E-state index is 13.8. The van der Waals surface area contributed by atoms with Gasteiger partial charge in [0.05, 0.1) is 16.8 Å². The topological polar surface area (TPSA) is 42.4 Å². The van der Waals surface area contributed by atoms with Gasteiger partial charge in [0.15, 0.2) is 0 Å². The Morgan fingerprint density at radius 1 is 1.19 bits per heavy atom. The van der Waals surface area contributed by atoms with Crippen molar-refractivity contribution in [3.63, 3.8) is 0 Å². The molecule has 0 spiro atoms. The zero-order valence-corrected chi connectivity index (χ0v) is 12.1. The zero-order valence-electron chi connectivity index (χ0n) is 11.3. The van der Waals surface area contributed by atoms with Gasteiger partial charge < -0.3 is 9.84 Å². The van der Waals surface area contributed by atoms with E-state index >= 15 is 0 Å². The molecule has 0 radical (unpaired) electrons. The molecule has 21 heavy (non-hydrogen) atoms. The van der Waals surface area contributed by atoms with E-state index in [-0.39, 0.29) is 12.4 Å². The molecule has 0 saturated heterocycles. The van der Waals surface area contributed by atoms with Gasteiger partial charge >= 0.3 is 0 Å². The van der Waals surface area contributed by atoms with Gasteiger partial charge in [0, 0.05) is 18.6 Å². The van der Waals surface area contributed by atoms with Crippen molar-refractivity contribution in [2.45, 2.75) is 6.42 Å². The summed E-state index contributed by atoms with van der Waals surface area (Å²) in [4.78, 5) is 4.46. The van der Waals surface area contributed by atoms with Crippen LogP contribution in [0.4, 0.5) is 4.39 Å². The molecule has 0 aliphatic heterocycles. The highest BCUT2D eigenvalue weighted by molar-refractivity contribution is 7.21.